The SMILES string of the molecule is Nc1ccc(CCCCCOC(=O)/C=C/c2ccc(OC(F)(F)c3ccc(OCCCCF)cc3)cc2)c(N)c1. The molecule has 0 heterocycles. The zero-order valence-electron chi connectivity index (χ0n) is 22.3. The normalized spacial score (nSPS) is 11.5. The monoisotopic (exact) mass is 556 g/mol. The van der Waals surface area contributed by atoms with E-state index in [0.717, 1.165) is 31.2 Å². The molecule has 0 saturated carbocycles. The van der Waals surface area contributed by atoms with Gasteiger partial charge in [-0.05, 0) is 104 Å². The Balaban J connectivity index is 1.37. The van der Waals surface area contributed by atoms with E-state index in [9.17, 15) is 18.0 Å². The van der Waals surface area contributed by atoms with Crippen LogP contribution in [0.1, 0.15) is 48.8 Å². The van der Waals surface area contributed by atoms with E-state index < -0.39 is 18.8 Å². The molecule has 0 aliphatic carbocycles. The Morgan fingerprint density at radius 1 is 0.825 bits per heavy atom. The average molecular weight is 557 g/mol. The number of anilines is 2. The highest BCUT2D eigenvalue weighted by atomic mass is 19.3. The van der Waals surface area contributed by atoms with Crippen molar-refractivity contribution < 1.29 is 32.2 Å². The Morgan fingerprint density at radius 3 is 2.23 bits per heavy atom. The molecule has 0 unspecified atom stereocenters. The maximum Gasteiger partial charge on any atom is 0.426 e. The first kappa shape index (κ1) is 30.4. The van der Waals surface area contributed by atoms with Gasteiger partial charge in [-0.15, -0.1) is 0 Å². The van der Waals surface area contributed by atoms with Crippen LogP contribution in [0.3, 0.4) is 0 Å². The topological polar surface area (TPSA) is 96.8 Å². The van der Waals surface area contributed by atoms with Gasteiger partial charge in [0.05, 0.1) is 25.5 Å². The molecule has 0 radical (unpaired) electrons. The van der Waals surface area contributed by atoms with E-state index in [2.05, 4.69) is 0 Å². The van der Waals surface area contributed by atoms with Crippen LogP contribution in [0.2, 0.25) is 0 Å². The number of benzene rings is 3. The van der Waals surface area contributed by atoms with Crippen LogP contribution in [-0.2, 0) is 22.1 Å². The third-order valence-electron chi connectivity index (χ3n) is 6.03. The lowest BCUT2D eigenvalue weighted by molar-refractivity contribution is -0.185. The number of aryl methyl sites for hydroxylation is 1. The van der Waals surface area contributed by atoms with Crippen molar-refractivity contribution in [2.24, 2.45) is 0 Å². The number of nitrogens with two attached hydrogens (primary N) is 2. The number of nitrogen functional groups attached to an aromatic ring is 2. The van der Waals surface area contributed by atoms with Gasteiger partial charge in [-0.1, -0.05) is 18.2 Å². The third kappa shape index (κ3) is 10.2. The number of carbonyl (C=O) groups is 1. The molecular weight excluding hydrogens is 521 g/mol. The molecule has 3 aromatic carbocycles. The summed E-state index contributed by atoms with van der Waals surface area (Å²) in [6.07, 6.45) is 3.57. The van der Waals surface area contributed by atoms with Gasteiger partial charge in [0.25, 0.3) is 0 Å². The second-order valence-electron chi connectivity index (χ2n) is 9.23. The van der Waals surface area contributed by atoms with Crippen molar-refractivity contribution in [1.82, 2.24) is 0 Å². The highest BCUT2D eigenvalue weighted by molar-refractivity contribution is 5.87. The van der Waals surface area contributed by atoms with Gasteiger partial charge in [0, 0.05) is 17.5 Å². The summed E-state index contributed by atoms with van der Waals surface area (Å²) in [6, 6.07) is 16.7. The first-order valence-corrected chi connectivity index (χ1v) is 13.2. The standard InChI is InChI=1S/C31H35F3N2O4/c32-19-3-5-20-38-27-16-11-25(12-17-27)31(33,34)40-28-14-7-23(8-15-28)9-18-30(37)39-21-4-1-2-6-24-10-13-26(35)22-29(24)36/h7-18,22H,1-6,19-21,35-36H2/b18-9+. The van der Waals surface area contributed by atoms with Gasteiger partial charge >= 0.3 is 12.1 Å². The largest absolute Gasteiger partial charge is 0.494 e. The molecule has 0 aliphatic rings. The zero-order valence-corrected chi connectivity index (χ0v) is 22.3. The van der Waals surface area contributed by atoms with Crippen LogP contribution in [0.4, 0.5) is 24.5 Å². The van der Waals surface area contributed by atoms with Crippen LogP contribution in [0.5, 0.6) is 11.5 Å². The summed E-state index contributed by atoms with van der Waals surface area (Å²) in [7, 11) is 0. The van der Waals surface area contributed by atoms with Crippen LogP contribution in [-0.4, -0.2) is 25.9 Å². The molecule has 0 spiro atoms. The van der Waals surface area contributed by atoms with E-state index in [0.29, 0.717) is 48.7 Å². The molecule has 0 amide bonds. The number of rotatable bonds is 16. The summed E-state index contributed by atoms with van der Waals surface area (Å²) in [5.74, 6) is -0.0884. The summed E-state index contributed by atoms with van der Waals surface area (Å²) < 4.78 is 56.9. The molecule has 214 valence electrons. The summed E-state index contributed by atoms with van der Waals surface area (Å²) in [5, 5.41) is 0. The molecule has 9 heteroatoms. The van der Waals surface area contributed by atoms with E-state index in [-0.39, 0.29) is 11.3 Å². The Bertz CT molecular complexity index is 1230. The molecule has 0 aliphatic heterocycles. The first-order valence-electron chi connectivity index (χ1n) is 13.2. The minimum atomic E-state index is -3.56. The van der Waals surface area contributed by atoms with E-state index >= 15 is 0 Å². The van der Waals surface area contributed by atoms with Crippen molar-refractivity contribution in [2.75, 3.05) is 31.4 Å². The fourth-order valence-electron chi connectivity index (χ4n) is 3.81. The summed E-state index contributed by atoms with van der Waals surface area (Å²) in [5.41, 5.74) is 14.3. The lowest BCUT2D eigenvalue weighted by atomic mass is 10.0. The molecule has 0 fully saturated rings. The van der Waals surface area contributed by atoms with Crippen molar-refractivity contribution in [3.63, 3.8) is 0 Å². The van der Waals surface area contributed by atoms with Gasteiger partial charge in [0.1, 0.15) is 11.5 Å². The molecule has 40 heavy (non-hydrogen) atoms. The molecule has 0 atom stereocenters. The summed E-state index contributed by atoms with van der Waals surface area (Å²) in [6.45, 7) is 0.200. The van der Waals surface area contributed by atoms with Gasteiger partial charge in [-0.3, -0.25) is 4.39 Å². The van der Waals surface area contributed by atoms with Gasteiger partial charge < -0.3 is 25.7 Å². The van der Waals surface area contributed by atoms with Gasteiger partial charge in [-0.25, -0.2) is 4.79 Å². The smallest absolute Gasteiger partial charge is 0.426 e. The fourth-order valence-corrected chi connectivity index (χ4v) is 3.81. The minimum absolute atomic E-state index is 0.0306. The maximum absolute atomic E-state index is 14.6. The minimum Gasteiger partial charge on any atom is -0.494 e. The van der Waals surface area contributed by atoms with E-state index in [4.69, 9.17) is 25.7 Å². The highest BCUT2D eigenvalue weighted by Crippen LogP contribution is 2.32. The first-order chi connectivity index (χ1) is 19.3. The number of halogens is 3. The Hall–Kier alpha value is -4.14. The van der Waals surface area contributed by atoms with Crippen LogP contribution in [0.25, 0.3) is 6.08 Å². The van der Waals surface area contributed by atoms with Crippen LogP contribution in [0, 0.1) is 0 Å². The molecule has 0 saturated heterocycles. The van der Waals surface area contributed by atoms with Crippen LogP contribution in [0.15, 0.2) is 72.8 Å². The van der Waals surface area contributed by atoms with Crippen molar-refractivity contribution >= 4 is 23.4 Å². The lowest BCUT2D eigenvalue weighted by Gasteiger charge is -2.18. The predicted octanol–water partition coefficient (Wildman–Crippen LogP) is 7.08. The van der Waals surface area contributed by atoms with Crippen LogP contribution < -0.4 is 20.9 Å². The molecule has 0 aromatic heterocycles. The molecule has 0 bridgehead atoms. The highest BCUT2D eigenvalue weighted by Gasteiger charge is 2.34. The van der Waals surface area contributed by atoms with Gasteiger partial charge in [-0.2, -0.15) is 8.78 Å². The number of esters is 1. The predicted molar refractivity (Wildman–Crippen MR) is 151 cm³/mol. The number of unbranched alkanes of at least 4 members (excludes halogenated alkanes) is 3. The van der Waals surface area contributed by atoms with Crippen LogP contribution >= 0.6 is 0 Å². The molecule has 6 nitrogen and oxygen atoms in total. The lowest BCUT2D eigenvalue weighted by Crippen LogP contribution is -2.21. The molecular formula is C31H35F3N2O4. The fraction of sp³-hybridized carbons (Fsp3) is 0.323. The third-order valence-corrected chi connectivity index (χ3v) is 6.03. The Morgan fingerprint density at radius 2 is 1.52 bits per heavy atom. The molecule has 3 aromatic rings. The van der Waals surface area contributed by atoms with Crippen molar-refractivity contribution in [3.05, 3.63) is 89.5 Å². The second kappa shape index (κ2) is 15.5. The van der Waals surface area contributed by atoms with Crippen molar-refractivity contribution in [1.29, 1.82) is 0 Å². The van der Waals surface area contributed by atoms with E-state index in [1.54, 1.807) is 24.3 Å². The number of ether oxygens (including phenoxy) is 3. The zero-order chi connectivity index (χ0) is 28.8. The number of hydrogen-bond donors (Lipinski definition) is 2. The number of carbonyl (C=O) groups excluding carboxylic acids is 1. The van der Waals surface area contributed by atoms with Gasteiger partial charge in [0.2, 0.25) is 0 Å². The Kier molecular flexibility index (Phi) is 11.7. The van der Waals surface area contributed by atoms with E-state index in [1.165, 1.54) is 42.5 Å². The quantitative estimate of drug-likeness (QED) is 0.0847. The van der Waals surface area contributed by atoms with Crippen molar-refractivity contribution in [2.45, 2.75) is 44.6 Å². The Labute approximate surface area is 232 Å². The molecule has 4 N–H and O–H groups in total. The number of alkyl halides is 3. The maximum atomic E-state index is 14.6. The average Bonchev–Trinajstić information content (AvgIpc) is 2.93. The second-order valence-corrected chi connectivity index (χ2v) is 9.23. The molecule has 3 rings (SSSR count). The van der Waals surface area contributed by atoms with Crippen molar-refractivity contribution in [3.8, 4) is 11.5 Å². The summed E-state index contributed by atoms with van der Waals surface area (Å²) in [4.78, 5) is 12.0. The number of hydrogen-bond acceptors (Lipinski definition) is 6. The van der Waals surface area contributed by atoms with Gasteiger partial charge in [0.15, 0.2) is 0 Å². The summed E-state index contributed by atoms with van der Waals surface area (Å²) >= 11 is 0. The van der Waals surface area contributed by atoms with E-state index in [1.807, 2.05) is 12.1 Å².